The average Bonchev–Trinajstić information content (AvgIpc) is 2.72. The molecule has 2 N–H and O–H groups in total. The van der Waals surface area contributed by atoms with E-state index in [1.165, 1.54) is 0 Å². The molecule has 0 aliphatic rings. The summed E-state index contributed by atoms with van der Waals surface area (Å²) >= 11 is 0. The minimum absolute atomic E-state index is 0.0898. The number of sulfonamides is 1. The van der Waals surface area contributed by atoms with Crippen LogP contribution >= 0.6 is 0 Å². The Labute approximate surface area is 187 Å². The molecule has 0 unspecified atom stereocenters. The molecule has 0 heterocycles. The van der Waals surface area contributed by atoms with Gasteiger partial charge in [-0.1, -0.05) is 65.8 Å². The average molecular weight is 445 g/mol. The highest BCUT2D eigenvalue weighted by molar-refractivity contribution is 7.89. The van der Waals surface area contributed by atoms with E-state index in [1.807, 2.05) is 52.0 Å². The Morgan fingerprint density at radius 3 is 1.97 bits per heavy atom. The van der Waals surface area contributed by atoms with Gasteiger partial charge < -0.3 is 5.32 Å². The molecule has 0 saturated carbocycles. The molecule has 170 valence electrons. The summed E-state index contributed by atoms with van der Waals surface area (Å²) in [5.41, 5.74) is 4.37. The second-order valence-corrected chi connectivity index (χ2v) is 10.6. The molecule has 0 fully saturated rings. The van der Waals surface area contributed by atoms with Crippen molar-refractivity contribution in [1.29, 1.82) is 0 Å². The molecule has 0 spiro atoms. The highest BCUT2D eigenvalue weighted by Crippen LogP contribution is 2.35. The van der Waals surface area contributed by atoms with Crippen molar-refractivity contribution in [2.75, 3.05) is 13.6 Å². The van der Waals surface area contributed by atoms with Crippen LogP contribution in [-0.4, -0.2) is 27.9 Å². The van der Waals surface area contributed by atoms with Gasteiger partial charge in [-0.3, -0.25) is 4.79 Å². The molecule has 0 saturated heterocycles. The number of carbonyl (C=O) groups is 1. The summed E-state index contributed by atoms with van der Waals surface area (Å²) in [4.78, 5) is 12.3. The normalized spacial score (nSPS) is 12.1. The van der Waals surface area contributed by atoms with E-state index < -0.39 is 10.0 Å². The number of hydrogen-bond donors (Lipinski definition) is 2. The molecule has 2 rings (SSSR count). The van der Waals surface area contributed by atoms with Gasteiger partial charge in [0.2, 0.25) is 10.0 Å². The maximum atomic E-state index is 13.4. The lowest BCUT2D eigenvalue weighted by molar-refractivity contribution is 0.0963. The first-order chi connectivity index (χ1) is 14.5. The van der Waals surface area contributed by atoms with Crippen LogP contribution in [-0.2, 0) is 16.4 Å². The first-order valence-electron chi connectivity index (χ1n) is 11.0. The van der Waals surface area contributed by atoms with Crippen LogP contribution in [0.25, 0.3) is 0 Å². The van der Waals surface area contributed by atoms with Crippen LogP contribution in [0.3, 0.4) is 0 Å². The van der Waals surface area contributed by atoms with Crippen LogP contribution in [0.1, 0.15) is 91.9 Å². The highest BCUT2D eigenvalue weighted by atomic mass is 32.2. The van der Waals surface area contributed by atoms with Crippen molar-refractivity contribution in [2.45, 2.75) is 70.6 Å². The maximum absolute atomic E-state index is 13.4. The fourth-order valence-electron chi connectivity index (χ4n) is 3.61. The van der Waals surface area contributed by atoms with E-state index in [1.54, 1.807) is 19.2 Å². The van der Waals surface area contributed by atoms with Gasteiger partial charge in [-0.05, 0) is 58.6 Å². The molecule has 6 heteroatoms. The van der Waals surface area contributed by atoms with Crippen molar-refractivity contribution in [2.24, 2.45) is 0 Å². The van der Waals surface area contributed by atoms with E-state index in [4.69, 9.17) is 0 Å². The Balaban J connectivity index is 2.34. The second kappa shape index (κ2) is 10.4. The lowest BCUT2D eigenvalue weighted by atomic mass is 9.89. The molecule has 0 aliphatic carbocycles. The minimum atomic E-state index is -3.68. The molecule has 2 aromatic rings. The molecular weight excluding hydrogens is 408 g/mol. The topological polar surface area (TPSA) is 75.3 Å². The first-order valence-corrected chi connectivity index (χ1v) is 12.4. The van der Waals surface area contributed by atoms with Gasteiger partial charge in [0.05, 0.1) is 4.90 Å². The van der Waals surface area contributed by atoms with Crippen molar-refractivity contribution >= 4 is 15.9 Å². The Kier molecular flexibility index (Phi) is 8.43. The van der Waals surface area contributed by atoms with Gasteiger partial charge in [0, 0.05) is 19.2 Å². The summed E-state index contributed by atoms with van der Waals surface area (Å²) in [6, 6.07) is 11.3. The molecular formula is C25H36N2O3S. The molecule has 31 heavy (non-hydrogen) atoms. The van der Waals surface area contributed by atoms with Crippen LogP contribution in [0.2, 0.25) is 0 Å². The molecule has 0 bridgehead atoms. The van der Waals surface area contributed by atoms with E-state index in [-0.39, 0.29) is 24.3 Å². The van der Waals surface area contributed by atoms with E-state index in [2.05, 4.69) is 23.9 Å². The number of amides is 1. The summed E-state index contributed by atoms with van der Waals surface area (Å²) in [6.45, 7) is 12.7. The Morgan fingerprint density at radius 2 is 1.48 bits per heavy atom. The van der Waals surface area contributed by atoms with Gasteiger partial charge in [0.25, 0.3) is 5.91 Å². The summed E-state index contributed by atoms with van der Waals surface area (Å²) in [5, 5.41) is 2.61. The van der Waals surface area contributed by atoms with Crippen LogP contribution < -0.4 is 10.0 Å². The summed E-state index contributed by atoms with van der Waals surface area (Å²) in [7, 11) is -2.10. The van der Waals surface area contributed by atoms with E-state index in [0.717, 1.165) is 22.3 Å². The minimum Gasteiger partial charge on any atom is -0.355 e. The van der Waals surface area contributed by atoms with Gasteiger partial charge in [0.15, 0.2) is 0 Å². The first kappa shape index (κ1) is 25.1. The highest BCUT2D eigenvalue weighted by Gasteiger charge is 2.26. The predicted molar refractivity (Wildman–Crippen MR) is 127 cm³/mol. The second-order valence-electron chi connectivity index (χ2n) is 8.92. The van der Waals surface area contributed by atoms with Crippen LogP contribution in [0.4, 0.5) is 0 Å². The molecule has 0 aromatic heterocycles. The van der Waals surface area contributed by atoms with E-state index in [9.17, 15) is 13.2 Å². The molecule has 5 nitrogen and oxygen atoms in total. The Morgan fingerprint density at radius 1 is 0.903 bits per heavy atom. The maximum Gasteiger partial charge on any atom is 0.251 e. The van der Waals surface area contributed by atoms with Crippen LogP contribution in [0.15, 0.2) is 41.3 Å². The Bertz CT molecular complexity index is 996. The smallest absolute Gasteiger partial charge is 0.251 e. The number of benzene rings is 2. The van der Waals surface area contributed by atoms with Crippen molar-refractivity contribution < 1.29 is 13.2 Å². The zero-order valence-electron chi connectivity index (χ0n) is 19.7. The lowest BCUT2D eigenvalue weighted by Gasteiger charge is -2.23. The standard InChI is InChI=1S/C25H36N2O3S/c1-16(2)21-14-22(17(3)4)24(23(15-21)18(5)6)31(29,30)27-12-11-19-9-8-10-20(13-19)25(28)26-7/h8-10,13-18,27H,11-12H2,1-7H3,(H,26,28). The quantitative estimate of drug-likeness (QED) is 0.575. The molecule has 2 aromatic carbocycles. The third kappa shape index (κ3) is 6.17. The monoisotopic (exact) mass is 444 g/mol. The number of nitrogens with one attached hydrogen (secondary N) is 2. The largest absolute Gasteiger partial charge is 0.355 e. The third-order valence-electron chi connectivity index (χ3n) is 5.47. The summed E-state index contributed by atoms with van der Waals surface area (Å²) in [5.74, 6) is 0.349. The third-order valence-corrected chi connectivity index (χ3v) is 7.06. The van der Waals surface area contributed by atoms with Gasteiger partial charge in [-0.25, -0.2) is 13.1 Å². The van der Waals surface area contributed by atoms with Crippen molar-refractivity contribution in [3.8, 4) is 0 Å². The fourth-order valence-corrected chi connectivity index (χ4v) is 5.34. The van der Waals surface area contributed by atoms with Gasteiger partial charge in [0.1, 0.15) is 0 Å². The number of rotatable bonds is 9. The van der Waals surface area contributed by atoms with Crippen molar-refractivity contribution in [3.05, 3.63) is 64.2 Å². The van der Waals surface area contributed by atoms with Crippen molar-refractivity contribution in [1.82, 2.24) is 10.0 Å². The zero-order chi connectivity index (χ0) is 23.3. The summed E-state index contributed by atoms with van der Waals surface area (Å²) < 4.78 is 29.6. The zero-order valence-corrected chi connectivity index (χ0v) is 20.6. The number of hydrogen-bond acceptors (Lipinski definition) is 3. The fraction of sp³-hybridized carbons (Fsp3) is 0.480. The SMILES string of the molecule is CNC(=O)c1cccc(CCNS(=O)(=O)c2c(C(C)C)cc(C(C)C)cc2C(C)C)c1. The molecule has 0 aliphatic heterocycles. The molecule has 0 atom stereocenters. The predicted octanol–water partition coefficient (Wildman–Crippen LogP) is 4.94. The van der Waals surface area contributed by atoms with Crippen molar-refractivity contribution in [3.63, 3.8) is 0 Å². The molecule has 0 radical (unpaired) electrons. The van der Waals surface area contributed by atoms with E-state index in [0.29, 0.717) is 22.8 Å². The summed E-state index contributed by atoms with van der Waals surface area (Å²) in [6.07, 6.45) is 0.502. The molecule has 1 amide bonds. The van der Waals surface area contributed by atoms with E-state index >= 15 is 0 Å². The van der Waals surface area contributed by atoms with Gasteiger partial charge in [-0.15, -0.1) is 0 Å². The number of carbonyl (C=O) groups excluding carboxylic acids is 1. The van der Waals surface area contributed by atoms with Gasteiger partial charge in [-0.2, -0.15) is 0 Å². The van der Waals surface area contributed by atoms with Gasteiger partial charge >= 0.3 is 0 Å². The van der Waals surface area contributed by atoms with Crippen LogP contribution in [0, 0.1) is 0 Å². The van der Waals surface area contributed by atoms with Crippen LogP contribution in [0.5, 0.6) is 0 Å². The Hall–Kier alpha value is -2.18. The lowest BCUT2D eigenvalue weighted by Crippen LogP contribution is -2.28.